The van der Waals surface area contributed by atoms with Crippen LogP contribution in [0.2, 0.25) is 10.0 Å². The standard InChI is InChI=1S/C27H24Cl2N6O2/c1-34-14-19(13-32-34)18-11-22(25(30)31-12-18)26(36)33-20-9-10-35(15-20)27(37)17-7-5-16(6-8-17)21-3-2-4-23(28)24(21)29/h2-8,11-14,20H,9-10,15H2,1H3,(H2,30,31)(H,33,36)/t20-/m1/s1. The monoisotopic (exact) mass is 534 g/mol. The van der Waals surface area contributed by atoms with Gasteiger partial charge in [-0.1, -0.05) is 47.5 Å². The largest absolute Gasteiger partial charge is 0.383 e. The average molecular weight is 535 g/mol. The molecule has 4 aromatic rings. The quantitative estimate of drug-likeness (QED) is 0.386. The summed E-state index contributed by atoms with van der Waals surface area (Å²) in [5.41, 5.74) is 10.1. The van der Waals surface area contributed by atoms with Crippen molar-refractivity contribution >= 4 is 40.8 Å². The second-order valence-electron chi connectivity index (χ2n) is 8.95. The number of nitrogens with one attached hydrogen (secondary N) is 1. The number of anilines is 1. The van der Waals surface area contributed by atoms with Crippen molar-refractivity contribution in [3.8, 4) is 22.3 Å². The van der Waals surface area contributed by atoms with E-state index in [-0.39, 0.29) is 23.7 Å². The zero-order valence-electron chi connectivity index (χ0n) is 20.0. The summed E-state index contributed by atoms with van der Waals surface area (Å²) in [4.78, 5) is 32.0. The fraction of sp³-hybridized carbons (Fsp3) is 0.185. The maximum atomic E-state index is 13.1. The van der Waals surface area contributed by atoms with Crippen molar-refractivity contribution in [1.29, 1.82) is 0 Å². The first kappa shape index (κ1) is 24.8. The van der Waals surface area contributed by atoms with Gasteiger partial charge in [-0.05, 0) is 36.2 Å². The number of carbonyl (C=O) groups is 2. The summed E-state index contributed by atoms with van der Waals surface area (Å²) in [6.45, 7) is 0.942. The van der Waals surface area contributed by atoms with Crippen molar-refractivity contribution in [2.45, 2.75) is 12.5 Å². The highest BCUT2D eigenvalue weighted by molar-refractivity contribution is 6.43. The molecule has 1 atom stereocenters. The van der Waals surface area contributed by atoms with Crippen LogP contribution in [0.4, 0.5) is 5.82 Å². The number of aromatic nitrogens is 3. The topological polar surface area (TPSA) is 106 Å². The van der Waals surface area contributed by atoms with Gasteiger partial charge in [0.2, 0.25) is 0 Å². The number of hydrogen-bond donors (Lipinski definition) is 2. The van der Waals surface area contributed by atoms with Gasteiger partial charge < -0.3 is 16.0 Å². The maximum Gasteiger partial charge on any atom is 0.255 e. The van der Waals surface area contributed by atoms with Gasteiger partial charge in [0.05, 0.1) is 21.8 Å². The van der Waals surface area contributed by atoms with Gasteiger partial charge in [0.1, 0.15) is 5.82 Å². The first-order valence-electron chi connectivity index (χ1n) is 11.7. The van der Waals surface area contributed by atoms with E-state index in [0.29, 0.717) is 40.7 Å². The van der Waals surface area contributed by atoms with Crippen molar-refractivity contribution in [2.24, 2.45) is 7.05 Å². The number of nitrogen functional groups attached to an aromatic ring is 1. The van der Waals surface area contributed by atoms with E-state index in [1.165, 1.54) is 0 Å². The van der Waals surface area contributed by atoms with Crippen LogP contribution in [0.5, 0.6) is 0 Å². The number of nitrogens with zero attached hydrogens (tertiary/aromatic N) is 4. The maximum absolute atomic E-state index is 13.1. The summed E-state index contributed by atoms with van der Waals surface area (Å²) in [5.74, 6) is -0.269. The van der Waals surface area contributed by atoms with Gasteiger partial charge in [-0.15, -0.1) is 0 Å². The molecule has 1 aliphatic heterocycles. The second kappa shape index (κ2) is 10.2. The number of nitrogens with two attached hydrogens (primary N) is 1. The Kier molecular flexibility index (Phi) is 6.86. The Morgan fingerprint density at radius 3 is 2.57 bits per heavy atom. The zero-order chi connectivity index (χ0) is 26.1. The Balaban J connectivity index is 1.24. The minimum atomic E-state index is -0.321. The summed E-state index contributed by atoms with van der Waals surface area (Å²) < 4.78 is 1.68. The molecule has 3 heterocycles. The highest BCUT2D eigenvalue weighted by atomic mass is 35.5. The van der Waals surface area contributed by atoms with Crippen LogP contribution >= 0.6 is 23.2 Å². The molecule has 0 spiro atoms. The number of aryl methyl sites for hydroxylation is 1. The van der Waals surface area contributed by atoms with Crippen LogP contribution in [0.25, 0.3) is 22.3 Å². The molecule has 2 aromatic heterocycles. The molecule has 3 N–H and O–H groups in total. The average Bonchev–Trinajstić information content (AvgIpc) is 3.55. The van der Waals surface area contributed by atoms with Crippen LogP contribution in [0, 0.1) is 0 Å². The number of halogens is 2. The predicted molar refractivity (Wildman–Crippen MR) is 145 cm³/mol. The molecule has 0 saturated carbocycles. The van der Waals surface area contributed by atoms with Crippen molar-refractivity contribution in [1.82, 2.24) is 25.0 Å². The van der Waals surface area contributed by atoms with Crippen LogP contribution in [-0.4, -0.2) is 50.6 Å². The molecule has 1 fully saturated rings. The van der Waals surface area contributed by atoms with Crippen LogP contribution in [0.3, 0.4) is 0 Å². The van der Waals surface area contributed by atoms with E-state index in [9.17, 15) is 9.59 Å². The molecule has 5 rings (SSSR count). The molecule has 2 aromatic carbocycles. The van der Waals surface area contributed by atoms with Gasteiger partial charge in [0, 0.05) is 60.8 Å². The highest BCUT2D eigenvalue weighted by Gasteiger charge is 2.29. The molecular formula is C27H24Cl2N6O2. The van der Waals surface area contributed by atoms with Gasteiger partial charge in [-0.2, -0.15) is 5.10 Å². The molecule has 8 nitrogen and oxygen atoms in total. The number of hydrogen-bond acceptors (Lipinski definition) is 5. The van der Waals surface area contributed by atoms with Gasteiger partial charge in [0.15, 0.2) is 0 Å². The number of pyridine rings is 1. The lowest BCUT2D eigenvalue weighted by molar-refractivity contribution is 0.0783. The Morgan fingerprint density at radius 2 is 1.84 bits per heavy atom. The second-order valence-corrected chi connectivity index (χ2v) is 9.73. The lowest BCUT2D eigenvalue weighted by atomic mass is 10.0. The SMILES string of the molecule is Cn1cc(-c2cnc(N)c(C(=O)N[C@@H]3CCN(C(=O)c4ccc(-c5cccc(Cl)c5Cl)cc4)C3)c2)cn1. The Morgan fingerprint density at radius 1 is 1.05 bits per heavy atom. The smallest absolute Gasteiger partial charge is 0.255 e. The van der Waals surface area contributed by atoms with E-state index >= 15 is 0 Å². The molecule has 1 aliphatic rings. The molecule has 0 aliphatic carbocycles. The van der Waals surface area contributed by atoms with Crippen LogP contribution in [0.15, 0.2) is 67.1 Å². The molecule has 188 valence electrons. The lowest BCUT2D eigenvalue weighted by Gasteiger charge is -2.18. The minimum absolute atomic E-state index is 0.0970. The Labute approximate surface area is 224 Å². The molecule has 0 radical (unpaired) electrons. The zero-order valence-corrected chi connectivity index (χ0v) is 21.5. The van der Waals surface area contributed by atoms with E-state index < -0.39 is 0 Å². The highest BCUT2D eigenvalue weighted by Crippen LogP contribution is 2.33. The van der Waals surface area contributed by atoms with Gasteiger partial charge >= 0.3 is 0 Å². The number of likely N-dealkylation sites (tertiary alicyclic amines) is 1. The number of rotatable bonds is 5. The summed E-state index contributed by atoms with van der Waals surface area (Å²) in [6, 6.07) is 14.2. The number of carbonyl (C=O) groups excluding carboxylic acids is 2. The van der Waals surface area contributed by atoms with Crippen LogP contribution in [-0.2, 0) is 7.05 Å². The molecule has 10 heteroatoms. The van der Waals surface area contributed by atoms with E-state index in [0.717, 1.165) is 22.3 Å². The fourth-order valence-electron chi connectivity index (χ4n) is 4.41. The van der Waals surface area contributed by atoms with Gasteiger partial charge in [0.25, 0.3) is 11.8 Å². The molecule has 0 bridgehead atoms. The first-order chi connectivity index (χ1) is 17.8. The van der Waals surface area contributed by atoms with Crippen molar-refractivity contribution in [3.05, 3.63) is 88.3 Å². The van der Waals surface area contributed by atoms with Crippen LogP contribution in [0.1, 0.15) is 27.1 Å². The van der Waals surface area contributed by atoms with Gasteiger partial charge in [-0.25, -0.2) is 4.98 Å². The summed E-state index contributed by atoms with van der Waals surface area (Å²) in [6.07, 6.45) is 5.80. The molecule has 1 saturated heterocycles. The third-order valence-corrected chi connectivity index (χ3v) is 7.23. The molecule has 37 heavy (non-hydrogen) atoms. The van der Waals surface area contributed by atoms with Crippen molar-refractivity contribution in [2.75, 3.05) is 18.8 Å². The van der Waals surface area contributed by atoms with E-state index in [1.54, 1.807) is 46.2 Å². The summed E-state index contributed by atoms with van der Waals surface area (Å²) >= 11 is 12.5. The van der Waals surface area contributed by atoms with E-state index in [1.807, 2.05) is 37.5 Å². The third kappa shape index (κ3) is 5.16. The fourth-order valence-corrected chi connectivity index (χ4v) is 4.82. The number of benzene rings is 2. The molecule has 0 unspecified atom stereocenters. The number of amides is 2. The van der Waals surface area contributed by atoms with Gasteiger partial charge in [-0.3, -0.25) is 14.3 Å². The van der Waals surface area contributed by atoms with Crippen molar-refractivity contribution < 1.29 is 9.59 Å². The van der Waals surface area contributed by atoms with E-state index in [4.69, 9.17) is 28.9 Å². The normalized spacial score (nSPS) is 15.1. The van der Waals surface area contributed by atoms with Crippen LogP contribution < -0.4 is 11.1 Å². The van der Waals surface area contributed by atoms with E-state index in [2.05, 4.69) is 15.4 Å². The summed E-state index contributed by atoms with van der Waals surface area (Å²) in [7, 11) is 1.82. The molecule has 2 amide bonds. The molecular weight excluding hydrogens is 511 g/mol. The summed E-state index contributed by atoms with van der Waals surface area (Å²) in [5, 5.41) is 8.11. The Bertz CT molecular complexity index is 1480. The lowest BCUT2D eigenvalue weighted by Crippen LogP contribution is -2.38. The Hall–Kier alpha value is -3.88. The predicted octanol–water partition coefficient (Wildman–Crippen LogP) is 4.68. The third-order valence-electron chi connectivity index (χ3n) is 6.41. The first-order valence-corrected chi connectivity index (χ1v) is 12.4. The van der Waals surface area contributed by atoms with Crippen molar-refractivity contribution in [3.63, 3.8) is 0 Å². The minimum Gasteiger partial charge on any atom is -0.383 e.